The highest BCUT2D eigenvalue weighted by Gasteiger charge is 2.22. The van der Waals surface area contributed by atoms with Crippen molar-refractivity contribution in [3.8, 4) is 0 Å². The molecular formula is C18H24N4O2. The van der Waals surface area contributed by atoms with Crippen LogP contribution in [-0.2, 0) is 24.2 Å². The number of rotatable bonds is 4. The van der Waals surface area contributed by atoms with E-state index >= 15 is 0 Å². The summed E-state index contributed by atoms with van der Waals surface area (Å²) in [5.41, 5.74) is 3.75. The van der Waals surface area contributed by atoms with Crippen molar-refractivity contribution in [3.05, 3.63) is 47.0 Å². The first-order valence-electron chi connectivity index (χ1n) is 8.37. The van der Waals surface area contributed by atoms with Crippen LogP contribution in [0.25, 0.3) is 0 Å². The quantitative estimate of drug-likeness (QED) is 0.805. The Morgan fingerprint density at radius 2 is 2.21 bits per heavy atom. The van der Waals surface area contributed by atoms with E-state index in [1.54, 1.807) is 0 Å². The third kappa shape index (κ3) is 3.64. The first-order chi connectivity index (χ1) is 11.6. The molecule has 6 heteroatoms. The molecule has 0 saturated carbocycles. The van der Waals surface area contributed by atoms with E-state index in [9.17, 15) is 4.79 Å². The van der Waals surface area contributed by atoms with E-state index in [-0.39, 0.29) is 5.97 Å². The molecule has 0 bridgehead atoms. The number of methoxy groups -OCH3 is 1. The molecule has 6 nitrogen and oxygen atoms in total. The Balaban J connectivity index is 1.71. The van der Waals surface area contributed by atoms with Crippen LogP contribution in [0.2, 0.25) is 0 Å². The Hall–Kier alpha value is -2.21. The van der Waals surface area contributed by atoms with Crippen LogP contribution >= 0.6 is 0 Å². The van der Waals surface area contributed by atoms with E-state index in [0.717, 1.165) is 43.9 Å². The van der Waals surface area contributed by atoms with Gasteiger partial charge in [0.2, 0.25) is 0 Å². The third-order valence-electron chi connectivity index (χ3n) is 4.54. The predicted molar refractivity (Wildman–Crippen MR) is 90.7 cm³/mol. The Bertz CT molecular complexity index is 708. The minimum atomic E-state index is -0.376. The molecule has 0 fully saturated rings. The van der Waals surface area contributed by atoms with Gasteiger partial charge in [-0.3, -0.25) is 14.6 Å². The highest BCUT2D eigenvalue weighted by molar-refractivity contribution is 5.87. The van der Waals surface area contributed by atoms with Crippen LogP contribution in [-0.4, -0.2) is 45.3 Å². The maximum Gasteiger partial charge on any atom is 0.358 e. The minimum absolute atomic E-state index is 0.376. The standard InChI is InChI=1S/C18H24N4O2/c1-13-5-6-15(19-11-13)9-14(2)21-7-4-8-22-16(12-21)10-17(20-22)18(23)24-3/h5-6,10-11,14H,4,7-9,12H2,1-3H3/t14-/m1/s1. The lowest BCUT2D eigenvalue weighted by molar-refractivity contribution is 0.0593. The van der Waals surface area contributed by atoms with Crippen LogP contribution in [0, 0.1) is 6.92 Å². The van der Waals surface area contributed by atoms with Gasteiger partial charge in [-0.25, -0.2) is 4.79 Å². The van der Waals surface area contributed by atoms with Crippen LogP contribution in [0.15, 0.2) is 24.4 Å². The van der Waals surface area contributed by atoms with Crippen molar-refractivity contribution in [3.63, 3.8) is 0 Å². The summed E-state index contributed by atoms with van der Waals surface area (Å²) in [4.78, 5) is 18.6. The van der Waals surface area contributed by atoms with E-state index in [1.807, 2.05) is 16.9 Å². The maximum absolute atomic E-state index is 11.7. The summed E-state index contributed by atoms with van der Waals surface area (Å²) in [6, 6.07) is 6.43. The van der Waals surface area contributed by atoms with Gasteiger partial charge in [-0.2, -0.15) is 5.10 Å². The number of aromatic nitrogens is 3. The number of ether oxygens (including phenoxy) is 1. The lowest BCUT2D eigenvalue weighted by Crippen LogP contribution is -2.34. The van der Waals surface area contributed by atoms with Crippen LogP contribution < -0.4 is 0 Å². The topological polar surface area (TPSA) is 60.3 Å². The summed E-state index contributed by atoms with van der Waals surface area (Å²) in [5.74, 6) is -0.376. The van der Waals surface area contributed by atoms with E-state index < -0.39 is 0 Å². The zero-order chi connectivity index (χ0) is 17.1. The Morgan fingerprint density at radius 3 is 2.92 bits per heavy atom. The van der Waals surface area contributed by atoms with E-state index in [4.69, 9.17) is 4.74 Å². The van der Waals surface area contributed by atoms with Gasteiger partial charge in [0, 0.05) is 44.0 Å². The molecule has 128 valence electrons. The molecule has 0 unspecified atom stereocenters. The fourth-order valence-electron chi connectivity index (χ4n) is 3.12. The lowest BCUT2D eigenvalue weighted by Gasteiger charge is -2.27. The van der Waals surface area contributed by atoms with Gasteiger partial charge < -0.3 is 4.74 Å². The van der Waals surface area contributed by atoms with Crippen molar-refractivity contribution >= 4 is 5.97 Å². The molecule has 1 aliphatic heterocycles. The second-order valence-electron chi connectivity index (χ2n) is 6.44. The van der Waals surface area contributed by atoms with Gasteiger partial charge in [-0.05, 0) is 38.0 Å². The fourth-order valence-corrected chi connectivity index (χ4v) is 3.12. The summed E-state index contributed by atoms with van der Waals surface area (Å²) >= 11 is 0. The number of carbonyl (C=O) groups is 1. The average Bonchev–Trinajstić information content (AvgIpc) is 2.87. The van der Waals surface area contributed by atoms with Gasteiger partial charge in [0.05, 0.1) is 12.8 Å². The molecule has 0 spiro atoms. The first-order valence-corrected chi connectivity index (χ1v) is 8.37. The minimum Gasteiger partial charge on any atom is -0.464 e. The van der Waals surface area contributed by atoms with Crippen molar-refractivity contribution in [1.29, 1.82) is 0 Å². The molecular weight excluding hydrogens is 304 g/mol. The highest BCUT2D eigenvalue weighted by atomic mass is 16.5. The number of carbonyl (C=O) groups excluding carboxylic acids is 1. The Morgan fingerprint density at radius 1 is 1.38 bits per heavy atom. The number of hydrogen-bond donors (Lipinski definition) is 0. The molecule has 3 heterocycles. The van der Waals surface area contributed by atoms with Crippen LogP contribution in [0.3, 0.4) is 0 Å². The molecule has 1 aliphatic rings. The van der Waals surface area contributed by atoms with E-state index in [1.165, 1.54) is 12.7 Å². The summed E-state index contributed by atoms with van der Waals surface area (Å²) in [7, 11) is 1.38. The maximum atomic E-state index is 11.7. The zero-order valence-corrected chi connectivity index (χ0v) is 14.5. The van der Waals surface area contributed by atoms with Crippen molar-refractivity contribution in [2.45, 2.75) is 45.8 Å². The fraction of sp³-hybridized carbons (Fsp3) is 0.500. The van der Waals surface area contributed by atoms with Crippen LogP contribution in [0.1, 0.15) is 40.8 Å². The molecule has 1 atom stereocenters. The SMILES string of the molecule is COC(=O)c1cc2n(n1)CCCN([C@H](C)Cc1ccc(C)cn1)C2. The molecule has 0 aromatic carbocycles. The molecule has 0 N–H and O–H groups in total. The average molecular weight is 328 g/mol. The number of esters is 1. The van der Waals surface area contributed by atoms with Crippen LogP contribution in [0.5, 0.6) is 0 Å². The number of hydrogen-bond acceptors (Lipinski definition) is 5. The molecule has 2 aromatic rings. The van der Waals surface area contributed by atoms with Gasteiger partial charge >= 0.3 is 5.97 Å². The van der Waals surface area contributed by atoms with Gasteiger partial charge in [0.1, 0.15) is 0 Å². The summed E-state index contributed by atoms with van der Waals surface area (Å²) in [5, 5.41) is 4.37. The number of aryl methyl sites for hydroxylation is 2. The Kier molecular flexibility index (Phi) is 4.94. The molecule has 2 aromatic heterocycles. The first kappa shape index (κ1) is 16.6. The van der Waals surface area contributed by atoms with Crippen molar-refractivity contribution in [2.24, 2.45) is 0 Å². The van der Waals surface area contributed by atoms with Crippen molar-refractivity contribution in [1.82, 2.24) is 19.7 Å². The van der Waals surface area contributed by atoms with E-state index in [2.05, 4.69) is 41.0 Å². The molecule has 3 rings (SSSR count). The molecule has 0 radical (unpaired) electrons. The second kappa shape index (κ2) is 7.13. The zero-order valence-electron chi connectivity index (χ0n) is 14.5. The van der Waals surface area contributed by atoms with Gasteiger partial charge in [0.25, 0.3) is 0 Å². The largest absolute Gasteiger partial charge is 0.464 e. The smallest absolute Gasteiger partial charge is 0.358 e. The normalized spacial score (nSPS) is 16.3. The summed E-state index contributed by atoms with van der Waals surface area (Å²) < 4.78 is 6.71. The lowest BCUT2D eigenvalue weighted by atomic mass is 10.1. The van der Waals surface area contributed by atoms with E-state index in [0.29, 0.717) is 11.7 Å². The summed E-state index contributed by atoms with van der Waals surface area (Å²) in [6.45, 7) is 6.92. The van der Waals surface area contributed by atoms with Gasteiger partial charge in [0.15, 0.2) is 5.69 Å². The number of fused-ring (bicyclic) bond motifs is 1. The van der Waals surface area contributed by atoms with Gasteiger partial charge in [-0.1, -0.05) is 6.07 Å². The molecule has 0 amide bonds. The Labute approximate surface area is 142 Å². The number of nitrogens with zero attached hydrogens (tertiary/aromatic N) is 4. The van der Waals surface area contributed by atoms with Gasteiger partial charge in [-0.15, -0.1) is 0 Å². The van der Waals surface area contributed by atoms with Crippen molar-refractivity contribution < 1.29 is 9.53 Å². The van der Waals surface area contributed by atoms with Crippen LogP contribution in [0.4, 0.5) is 0 Å². The third-order valence-corrected chi connectivity index (χ3v) is 4.54. The molecule has 0 saturated heterocycles. The predicted octanol–water partition coefficient (Wildman–Crippen LogP) is 2.21. The highest BCUT2D eigenvalue weighted by Crippen LogP contribution is 2.18. The molecule has 24 heavy (non-hydrogen) atoms. The van der Waals surface area contributed by atoms with Crippen molar-refractivity contribution in [2.75, 3.05) is 13.7 Å². The number of pyridine rings is 1. The summed E-state index contributed by atoms with van der Waals surface area (Å²) in [6.07, 6.45) is 3.85. The molecule has 0 aliphatic carbocycles. The second-order valence-corrected chi connectivity index (χ2v) is 6.44. The monoisotopic (exact) mass is 328 g/mol.